The normalized spacial score (nSPS) is 22.9. The standard InChI is InChI=1S/C12H21N3O3S/c1-8(2)18-9-10(13)15-19-11(9)14-6-12(16-3)4-5-17-7-12/h8,14H,4-7H2,1-3H3,(H2,13,15). The van der Waals surface area contributed by atoms with Crippen molar-refractivity contribution >= 4 is 22.4 Å². The Morgan fingerprint density at radius 1 is 1.58 bits per heavy atom. The molecule has 0 radical (unpaired) electrons. The van der Waals surface area contributed by atoms with Crippen LogP contribution in [0, 0.1) is 0 Å². The smallest absolute Gasteiger partial charge is 0.197 e. The molecule has 3 N–H and O–H groups in total. The van der Waals surface area contributed by atoms with E-state index in [-0.39, 0.29) is 11.7 Å². The predicted molar refractivity (Wildman–Crippen MR) is 76.0 cm³/mol. The van der Waals surface area contributed by atoms with E-state index in [2.05, 4.69) is 9.69 Å². The van der Waals surface area contributed by atoms with Gasteiger partial charge in [-0.25, -0.2) is 0 Å². The van der Waals surface area contributed by atoms with Crippen molar-refractivity contribution in [2.24, 2.45) is 0 Å². The van der Waals surface area contributed by atoms with Crippen LogP contribution in [0.2, 0.25) is 0 Å². The molecule has 1 fully saturated rings. The van der Waals surface area contributed by atoms with Crippen molar-refractivity contribution in [2.45, 2.75) is 32.0 Å². The zero-order chi connectivity index (χ0) is 13.9. The highest BCUT2D eigenvalue weighted by Gasteiger charge is 2.35. The first-order valence-electron chi connectivity index (χ1n) is 6.35. The predicted octanol–water partition coefficient (Wildman–Crippen LogP) is 1.73. The molecule has 19 heavy (non-hydrogen) atoms. The van der Waals surface area contributed by atoms with E-state index in [4.69, 9.17) is 19.9 Å². The first-order valence-corrected chi connectivity index (χ1v) is 7.12. The molecule has 1 aliphatic heterocycles. The lowest BCUT2D eigenvalue weighted by atomic mass is 10.0. The lowest BCUT2D eigenvalue weighted by molar-refractivity contribution is -0.00618. The topological polar surface area (TPSA) is 78.6 Å². The summed E-state index contributed by atoms with van der Waals surface area (Å²) in [6.07, 6.45) is 0.941. The second kappa shape index (κ2) is 5.94. The monoisotopic (exact) mass is 287 g/mol. The summed E-state index contributed by atoms with van der Waals surface area (Å²) >= 11 is 1.30. The number of nitrogens with two attached hydrogens (primary N) is 1. The third-order valence-corrected chi connectivity index (χ3v) is 3.90. The van der Waals surface area contributed by atoms with Gasteiger partial charge in [0, 0.05) is 26.7 Å². The SMILES string of the molecule is COC1(CNc2snc(N)c2OC(C)C)CCOC1. The van der Waals surface area contributed by atoms with Crippen molar-refractivity contribution in [3.05, 3.63) is 0 Å². The van der Waals surface area contributed by atoms with E-state index >= 15 is 0 Å². The van der Waals surface area contributed by atoms with Gasteiger partial charge in [0.1, 0.15) is 5.60 Å². The Hall–Kier alpha value is -1.05. The molecular formula is C12H21N3O3S. The van der Waals surface area contributed by atoms with Crippen molar-refractivity contribution in [1.29, 1.82) is 0 Å². The number of hydrogen-bond acceptors (Lipinski definition) is 7. The average Bonchev–Trinajstić information content (AvgIpc) is 2.97. The van der Waals surface area contributed by atoms with Gasteiger partial charge in [0.2, 0.25) is 0 Å². The van der Waals surface area contributed by atoms with Gasteiger partial charge in [0.25, 0.3) is 0 Å². The maximum Gasteiger partial charge on any atom is 0.197 e. The second-order valence-electron chi connectivity index (χ2n) is 4.94. The van der Waals surface area contributed by atoms with E-state index < -0.39 is 0 Å². The highest BCUT2D eigenvalue weighted by molar-refractivity contribution is 7.11. The van der Waals surface area contributed by atoms with E-state index in [9.17, 15) is 0 Å². The Bertz CT molecular complexity index is 416. The summed E-state index contributed by atoms with van der Waals surface area (Å²) in [5.74, 6) is 1.06. The Balaban J connectivity index is 2.03. The fraction of sp³-hybridized carbons (Fsp3) is 0.750. The van der Waals surface area contributed by atoms with Crippen molar-refractivity contribution in [2.75, 3.05) is 37.9 Å². The van der Waals surface area contributed by atoms with Crippen LogP contribution in [-0.4, -0.2) is 42.9 Å². The molecular weight excluding hydrogens is 266 g/mol. The maximum atomic E-state index is 5.82. The van der Waals surface area contributed by atoms with Crippen LogP contribution >= 0.6 is 11.5 Å². The number of nitrogens with zero attached hydrogens (tertiary/aromatic N) is 1. The minimum atomic E-state index is -0.270. The Labute approximate surface area is 117 Å². The molecule has 108 valence electrons. The quantitative estimate of drug-likeness (QED) is 0.829. The maximum absolute atomic E-state index is 5.82. The number of methoxy groups -OCH3 is 1. The molecule has 1 aliphatic rings. The molecule has 1 saturated heterocycles. The van der Waals surface area contributed by atoms with Gasteiger partial charge in [-0.1, -0.05) is 0 Å². The van der Waals surface area contributed by atoms with Gasteiger partial charge in [-0.2, -0.15) is 4.37 Å². The third-order valence-electron chi connectivity index (χ3n) is 3.10. The molecule has 0 saturated carbocycles. The number of anilines is 2. The molecule has 0 bridgehead atoms. The Morgan fingerprint density at radius 3 is 2.95 bits per heavy atom. The molecule has 0 amide bonds. The van der Waals surface area contributed by atoms with Crippen LogP contribution in [0.25, 0.3) is 0 Å². The number of rotatable bonds is 6. The van der Waals surface area contributed by atoms with Gasteiger partial charge >= 0.3 is 0 Å². The van der Waals surface area contributed by atoms with Crippen molar-refractivity contribution in [3.63, 3.8) is 0 Å². The van der Waals surface area contributed by atoms with Crippen LogP contribution in [0.3, 0.4) is 0 Å². The molecule has 1 unspecified atom stereocenters. The van der Waals surface area contributed by atoms with Crippen molar-refractivity contribution in [3.8, 4) is 5.75 Å². The molecule has 0 spiro atoms. The summed E-state index contributed by atoms with van der Waals surface area (Å²) in [4.78, 5) is 0. The average molecular weight is 287 g/mol. The molecule has 2 heterocycles. The van der Waals surface area contributed by atoms with Crippen LogP contribution in [-0.2, 0) is 9.47 Å². The summed E-state index contributed by atoms with van der Waals surface area (Å²) in [5, 5.41) is 4.16. The number of nitrogens with one attached hydrogen (secondary N) is 1. The number of ether oxygens (including phenoxy) is 3. The van der Waals surface area contributed by atoms with E-state index in [0.717, 1.165) is 18.0 Å². The van der Waals surface area contributed by atoms with E-state index in [1.807, 2.05) is 13.8 Å². The largest absolute Gasteiger partial charge is 0.484 e. The van der Waals surface area contributed by atoms with Crippen molar-refractivity contribution in [1.82, 2.24) is 4.37 Å². The molecule has 0 aromatic carbocycles. The number of hydrogen-bond donors (Lipinski definition) is 2. The van der Waals surface area contributed by atoms with E-state index in [1.165, 1.54) is 11.5 Å². The van der Waals surface area contributed by atoms with Gasteiger partial charge in [-0.15, -0.1) is 0 Å². The zero-order valence-electron chi connectivity index (χ0n) is 11.6. The van der Waals surface area contributed by atoms with Gasteiger partial charge < -0.3 is 25.3 Å². The van der Waals surface area contributed by atoms with Crippen LogP contribution in [0.5, 0.6) is 5.75 Å². The molecule has 0 aliphatic carbocycles. The van der Waals surface area contributed by atoms with Crippen LogP contribution in [0.4, 0.5) is 10.8 Å². The third kappa shape index (κ3) is 3.29. The molecule has 2 rings (SSSR count). The van der Waals surface area contributed by atoms with Gasteiger partial charge in [0.15, 0.2) is 16.6 Å². The first-order chi connectivity index (χ1) is 9.06. The summed E-state index contributed by atoms with van der Waals surface area (Å²) in [5.41, 5.74) is 5.55. The summed E-state index contributed by atoms with van der Waals surface area (Å²) in [7, 11) is 1.71. The Morgan fingerprint density at radius 2 is 2.37 bits per heavy atom. The van der Waals surface area contributed by atoms with E-state index in [1.54, 1.807) is 7.11 Å². The minimum Gasteiger partial charge on any atom is -0.484 e. The van der Waals surface area contributed by atoms with Gasteiger partial charge in [-0.3, -0.25) is 0 Å². The second-order valence-corrected chi connectivity index (χ2v) is 5.71. The molecule has 1 atom stereocenters. The molecule has 7 heteroatoms. The minimum absolute atomic E-state index is 0.0606. The van der Waals surface area contributed by atoms with Crippen LogP contribution in [0.15, 0.2) is 0 Å². The molecule has 1 aromatic rings. The van der Waals surface area contributed by atoms with Crippen LogP contribution < -0.4 is 15.8 Å². The highest BCUT2D eigenvalue weighted by Crippen LogP contribution is 2.36. The summed E-state index contributed by atoms with van der Waals surface area (Å²) < 4.78 is 20.8. The number of nitrogen functional groups attached to an aromatic ring is 1. The lowest BCUT2D eigenvalue weighted by Gasteiger charge is -2.26. The highest BCUT2D eigenvalue weighted by atomic mass is 32.1. The van der Waals surface area contributed by atoms with E-state index in [0.29, 0.717) is 24.7 Å². The fourth-order valence-corrected chi connectivity index (χ4v) is 2.60. The Kier molecular flexibility index (Phi) is 4.49. The van der Waals surface area contributed by atoms with Gasteiger partial charge in [-0.05, 0) is 25.4 Å². The van der Waals surface area contributed by atoms with Crippen LogP contribution in [0.1, 0.15) is 20.3 Å². The summed E-state index contributed by atoms with van der Waals surface area (Å²) in [6, 6.07) is 0. The summed E-state index contributed by atoms with van der Waals surface area (Å²) in [6.45, 7) is 5.91. The molecule has 1 aromatic heterocycles. The number of aromatic nitrogens is 1. The first kappa shape index (κ1) is 14.4. The lowest BCUT2D eigenvalue weighted by Crippen LogP contribution is -2.39. The van der Waals surface area contributed by atoms with Gasteiger partial charge in [0.05, 0.1) is 12.7 Å². The zero-order valence-corrected chi connectivity index (χ0v) is 12.4. The fourth-order valence-electron chi connectivity index (χ4n) is 1.96. The van der Waals surface area contributed by atoms with Crippen molar-refractivity contribution < 1.29 is 14.2 Å². The molecule has 6 nitrogen and oxygen atoms in total.